The second kappa shape index (κ2) is 6.75. The quantitative estimate of drug-likeness (QED) is 0.694. The van der Waals surface area contributed by atoms with E-state index in [1.165, 1.54) is 0 Å². The Bertz CT molecular complexity index is 454. The Morgan fingerprint density at radius 2 is 2.00 bits per heavy atom. The zero-order chi connectivity index (χ0) is 14.4. The highest BCUT2D eigenvalue weighted by Gasteiger charge is 2.33. The summed E-state index contributed by atoms with van der Waals surface area (Å²) in [6, 6.07) is 7.63. The SMILES string of the molecule is Nc1ccccc1CCC(=O)NCC1(CO)CCCC1. The van der Waals surface area contributed by atoms with E-state index in [-0.39, 0.29) is 17.9 Å². The number of nitrogens with two attached hydrogens (primary N) is 1. The number of nitrogens with one attached hydrogen (secondary N) is 1. The van der Waals surface area contributed by atoms with E-state index in [2.05, 4.69) is 5.32 Å². The van der Waals surface area contributed by atoms with Crippen molar-refractivity contribution in [3.05, 3.63) is 29.8 Å². The van der Waals surface area contributed by atoms with Crippen molar-refractivity contribution in [1.29, 1.82) is 0 Å². The van der Waals surface area contributed by atoms with Crippen LogP contribution in [-0.4, -0.2) is 24.2 Å². The van der Waals surface area contributed by atoms with Gasteiger partial charge in [-0.2, -0.15) is 0 Å². The van der Waals surface area contributed by atoms with Gasteiger partial charge in [-0.05, 0) is 30.9 Å². The van der Waals surface area contributed by atoms with E-state index in [1.54, 1.807) is 0 Å². The summed E-state index contributed by atoms with van der Waals surface area (Å²) in [7, 11) is 0. The van der Waals surface area contributed by atoms with Crippen molar-refractivity contribution in [3.8, 4) is 0 Å². The molecule has 4 heteroatoms. The van der Waals surface area contributed by atoms with Crippen LogP contribution in [0.1, 0.15) is 37.7 Å². The molecule has 20 heavy (non-hydrogen) atoms. The largest absolute Gasteiger partial charge is 0.399 e. The number of anilines is 1. The molecule has 110 valence electrons. The topological polar surface area (TPSA) is 75.4 Å². The molecule has 4 N–H and O–H groups in total. The summed E-state index contributed by atoms with van der Waals surface area (Å²) in [4.78, 5) is 11.9. The van der Waals surface area contributed by atoms with E-state index in [0.29, 0.717) is 19.4 Å². The van der Waals surface area contributed by atoms with Gasteiger partial charge in [-0.3, -0.25) is 4.79 Å². The molecule has 0 aliphatic heterocycles. The van der Waals surface area contributed by atoms with E-state index in [1.807, 2.05) is 24.3 Å². The molecule has 4 nitrogen and oxygen atoms in total. The maximum Gasteiger partial charge on any atom is 0.220 e. The maximum absolute atomic E-state index is 11.9. The minimum Gasteiger partial charge on any atom is -0.399 e. The summed E-state index contributed by atoms with van der Waals surface area (Å²) in [6.07, 6.45) is 5.42. The van der Waals surface area contributed by atoms with Crippen molar-refractivity contribution in [2.24, 2.45) is 5.41 Å². The van der Waals surface area contributed by atoms with Crippen LogP contribution in [0, 0.1) is 5.41 Å². The summed E-state index contributed by atoms with van der Waals surface area (Å²) in [5.41, 5.74) is 7.53. The standard InChI is InChI=1S/C16H24N2O2/c17-14-6-2-1-5-13(14)7-8-15(20)18-11-16(12-19)9-3-4-10-16/h1-2,5-6,19H,3-4,7-12,17H2,(H,18,20). The molecule has 0 atom stereocenters. The molecule has 1 saturated carbocycles. The number of aryl methyl sites for hydroxylation is 1. The third-order valence-corrected chi connectivity index (χ3v) is 4.34. The van der Waals surface area contributed by atoms with Crippen LogP contribution in [0.5, 0.6) is 0 Å². The fourth-order valence-corrected chi connectivity index (χ4v) is 2.90. The number of hydrogen-bond acceptors (Lipinski definition) is 3. The van der Waals surface area contributed by atoms with E-state index in [9.17, 15) is 9.90 Å². The second-order valence-electron chi connectivity index (χ2n) is 5.84. The van der Waals surface area contributed by atoms with Gasteiger partial charge in [-0.15, -0.1) is 0 Å². The molecule has 0 aromatic heterocycles. The molecule has 0 saturated heterocycles. The lowest BCUT2D eigenvalue weighted by atomic mass is 9.87. The van der Waals surface area contributed by atoms with Gasteiger partial charge in [-0.25, -0.2) is 0 Å². The summed E-state index contributed by atoms with van der Waals surface area (Å²) >= 11 is 0. The fraction of sp³-hybridized carbons (Fsp3) is 0.562. The number of nitrogen functional groups attached to an aromatic ring is 1. The minimum atomic E-state index is -0.0819. The van der Waals surface area contributed by atoms with Gasteiger partial charge in [-0.1, -0.05) is 31.0 Å². The van der Waals surface area contributed by atoms with Crippen LogP contribution in [0.2, 0.25) is 0 Å². The third kappa shape index (κ3) is 3.73. The van der Waals surface area contributed by atoms with Crippen LogP contribution in [0.3, 0.4) is 0 Å². The molecule has 1 amide bonds. The van der Waals surface area contributed by atoms with Gasteiger partial charge in [0.05, 0.1) is 6.61 Å². The number of aliphatic hydroxyl groups is 1. The lowest BCUT2D eigenvalue weighted by Crippen LogP contribution is -2.38. The van der Waals surface area contributed by atoms with Crippen molar-refractivity contribution in [1.82, 2.24) is 5.32 Å². The molecule has 1 aromatic carbocycles. The van der Waals surface area contributed by atoms with Gasteiger partial charge in [0.2, 0.25) is 5.91 Å². The Labute approximate surface area is 120 Å². The lowest BCUT2D eigenvalue weighted by molar-refractivity contribution is -0.121. The van der Waals surface area contributed by atoms with Crippen molar-refractivity contribution in [2.45, 2.75) is 38.5 Å². The molecule has 0 heterocycles. The first-order valence-electron chi connectivity index (χ1n) is 7.36. The number of hydrogen-bond donors (Lipinski definition) is 3. The number of amides is 1. The predicted octanol–water partition coefficient (Wildman–Crippen LogP) is 1.87. The fourth-order valence-electron chi connectivity index (χ4n) is 2.90. The zero-order valence-electron chi connectivity index (χ0n) is 11.9. The van der Waals surface area contributed by atoms with Gasteiger partial charge in [0, 0.05) is 24.1 Å². The summed E-state index contributed by atoms with van der Waals surface area (Å²) in [5.74, 6) is 0.0352. The van der Waals surface area contributed by atoms with Gasteiger partial charge < -0.3 is 16.2 Å². The molecule has 1 aromatic rings. The highest BCUT2D eigenvalue weighted by Crippen LogP contribution is 2.36. The third-order valence-electron chi connectivity index (χ3n) is 4.34. The average molecular weight is 276 g/mol. The number of benzene rings is 1. The molecule has 1 aliphatic carbocycles. The van der Waals surface area contributed by atoms with Gasteiger partial charge in [0.25, 0.3) is 0 Å². The van der Waals surface area contributed by atoms with Gasteiger partial charge >= 0.3 is 0 Å². The molecule has 0 radical (unpaired) electrons. The first kappa shape index (κ1) is 14.9. The van der Waals surface area contributed by atoms with Gasteiger partial charge in [0.1, 0.15) is 0 Å². The van der Waals surface area contributed by atoms with E-state index < -0.39 is 0 Å². The van der Waals surface area contributed by atoms with E-state index in [0.717, 1.165) is 36.9 Å². The van der Waals surface area contributed by atoms with Crippen LogP contribution in [-0.2, 0) is 11.2 Å². The highest BCUT2D eigenvalue weighted by atomic mass is 16.3. The van der Waals surface area contributed by atoms with E-state index in [4.69, 9.17) is 5.73 Å². The zero-order valence-corrected chi connectivity index (χ0v) is 11.9. The number of carbonyl (C=O) groups excluding carboxylic acids is 1. The Balaban J connectivity index is 1.77. The van der Waals surface area contributed by atoms with Crippen LogP contribution in [0.15, 0.2) is 24.3 Å². The number of rotatable bonds is 6. The van der Waals surface area contributed by atoms with Gasteiger partial charge in [0.15, 0.2) is 0 Å². The van der Waals surface area contributed by atoms with Crippen LogP contribution in [0.25, 0.3) is 0 Å². The molecular formula is C16H24N2O2. The molecule has 1 aliphatic rings. The maximum atomic E-state index is 11.9. The first-order valence-corrected chi connectivity index (χ1v) is 7.36. The highest BCUT2D eigenvalue weighted by molar-refractivity contribution is 5.76. The smallest absolute Gasteiger partial charge is 0.220 e. The monoisotopic (exact) mass is 276 g/mol. The number of carbonyl (C=O) groups is 1. The van der Waals surface area contributed by atoms with E-state index >= 15 is 0 Å². The molecule has 1 fully saturated rings. The van der Waals surface area contributed by atoms with Crippen molar-refractivity contribution in [3.63, 3.8) is 0 Å². The summed E-state index contributed by atoms with van der Waals surface area (Å²) < 4.78 is 0. The molecule has 0 spiro atoms. The van der Waals surface area contributed by atoms with Crippen LogP contribution >= 0.6 is 0 Å². The Kier molecular flexibility index (Phi) is 5.01. The lowest BCUT2D eigenvalue weighted by Gasteiger charge is -2.26. The number of aliphatic hydroxyl groups excluding tert-OH is 1. The first-order chi connectivity index (χ1) is 9.65. The Morgan fingerprint density at radius 1 is 1.30 bits per heavy atom. The number of para-hydroxylation sites is 1. The van der Waals surface area contributed by atoms with Crippen LogP contribution in [0.4, 0.5) is 5.69 Å². The summed E-state index contributed by atoms with van der Waals surface area (Å²) in [5, 5.41) is 12.5. The van der Waals surface area contributed by atoms with Crippen LogP contribution < -0.4 is 11.1 Å². The van der Waals surface area contributed by atoms with Crippen molar-refractivity contribution < 1.29 is 9.90 Å². The molecule has 2 rings (SSSR count). The minimum absolute atomic E-state index is 0.0352. The average Bonchev–Trinajstić information content (AvgIpc) is 2.94. The van der Waals surface area contributed by atoms with Crippen molar-refractivity contribution >= 4 is 11.6 Å². The normalized spacial score (nSPS) is 17.1. The Morgan fingerprint density at radius 3 is 2.65 bits per heavy atom. The van der Waals surface area contributed by atoms with Crippen molar-refractivity contribution in [2.75, 3.05) is 18.9 Å². The Hall–Kier alpha value is -1.55. The molecular weight excluding hydrogens is 252 g/mol. The second-order valence-corrected chi connectivity index (χ2v) is 5.84. The molecule has 0 unspecified atom stereocenters. The molecule has 0 bridgehead atoms. The summed E-state index contributed by atoms with van der Waals surface area (Å²) in [6.45, 7) is 0.755. The predicted molar refractivity (Wildman–Crippen MR) is 80.2 cm³/mol.